The number of aryl methyl sites for hydroxylation is 1. The fourth-order valence-electron chi connectivity index (χ4n) is 4.40. The molecule has 3 aromatic carbocycles. The van der Waals surface area contributed by atoms with Gasteiger partial charge < -0.3 is 19.7 Å². The molecule has 2 amide bonds. The summed E-state index contributed by atoms with van der Waals surface area (Å²) >= 11 is 3.48. The Morgan fingerprint density at radius 1 is 0.895 bits per heavy atom. The van der Waals surface area contributed by atoms with E-state index in [0.29, 0.717) is 50.8 Å². The van der Waals surface area contributed by atoms with Crippen molar-refractivity contribution in [1.29, 1.82) is 0 Å². The van der Waals surface area contributed by atoms with Crippen LogP contribution in [0.5, 0.6) is 11.5 Å². The molecule has 38 heavy (non-hydrogen) atoms. The molecule has 1 heterocycles. The molecule has 0 aromatic heterocycles. The molecule has 0 bridgehead atoms. The molecule has 1 N–H and O–H groups in total. The number of nitrogens with zero attached hydrogens (tertiary/aromatic N) is 1. The maximum atomic E-state index is 13.8. The van der Waals surface area contributed by atoms with Crippen LogP contribution in [0.1, 0.15) is 37.0 Å². The van der Waals surface area contributed by atoms with E-state index >= 15 is 0 Å². The number of hydrogen-bond donors (Lipinski definition) is 1. The van der Waals surface area contributed by atoms with Gasteiger partial charge in [0.2, 0.25) is 11.8 Å². The molecule has 4 rings (SSSR count). The van der Waals surface area contributed by atoms with E-state index < -0.39 is 6.04 Å². The van der Waals surface area contributed by atoms with E-state index in [4.69, 9.17) is 9.47 Å². The second kappa shape index (κ2) is 13.5. The van der Waals surface area contributed by atoms with Crippen LogP contribution in [0.4, 0.5) is 0 Å². The zero-order valence-corrected chi connectivity index (χ0v) is 23.6. The van der Waals surface area contributed by atoms with Crippen LogP contribution in [0.2, 0.25) is 0 Å². The lowest BCUT2D eigenvalue weighted by Crippen LogP contribution is -2.51. The van der Waals surface area contributed by atoms with Crippen molar-refractivity contribution in [3.63, 3.8) is 0 Å². The normalized spacial score (nSPS) is 13.2. The summed E-state index contributed by atoms with van der Waals surface area (Å²) in [5, 5.41) is 3.07. The van der Waals surface area contributed by atoms with Crippen molar-refractivity contribution in [1.82, 2.24) is 10.2 Å². The van der Waals surface area contributed by atoms with Crippen LogP contribution in [0.15, 0.2) is 77.3 Å². The third-order valence-electron chi connectivity index (χ3n) is 6.46. The van der Waals surface area contributed by atoms with E-state index in [-0.39, 0.29) is 18.2 Å². The van der Waals surface area contributed by atoms with Crippen LogP contribution < -0.4 is 14.8 Å². The van der Waals surface area contributed by atoms with Gasteiger partial charge in [0.25, 0.3) is 0 Å². The van der Waals surface area contributed by atoms with Gasteiger partial charge in [0, 0.05) is 30.4 Å². The molecule has 200 valence electrons. The van der Waals surface area contributed by atoms with Crippen molar-refractivity contribution in [2.45, 2.75) is 45.7 Å². The molecular weight excluding hydrogens is 544 g/mol. The largest absolute Gasteiger partial charge is 0.486 e. The van der Waals surface area contributed by atoms with Gasteiger partial charge in [-0.1, -0.05) is 78.3 Å². The SMILES string of the molecule is CC(C)CNC(=O)C(Cc1ccccc1)N(Cc1ccc(Br)cc1)C(=O)CCc1ccc2c(c1)OCCO2. The van der Waals surface area contributed by atoms with Gasteiger partial charge in [-0.2, -0.15) is 0 Å². The number of carbonyl (C=O) groups is 2. The van der Waals surface area contributed by atoms with E-state index in [1.165, 1.54) is 0 Å². The minimum atomic E-state index is -0.632. The van der Waals surface area contributed by atoms with Crippen LogP contribution in [0, 0.1) is 5.92 Å². The lowest BCUT2D eigenvalue weighted by molar-refractivity contribution is -0.141. The van der Waals surface area contributed by atoms with E-state index in [2.05, 4.69) is 35.1 Å². The zero-order chi connectivity index (χ0) is 26.9. The number of ether oxygens (including phenoxy) is 2. The predicted octanol–water partition coefficient (Wildman–Crippen LogP) is 5.57. The highest BCUT2D eigenvalue weighted by atomic mass is 79.9. The molecule has 0 aliphatic carbocycles. The van der Waals surface area contributed by atoms with Crippen LogP contribution in [0.3, 0.4) is 0 Å². The summed E-state index contributed by atoms with van der Waals surface area (Å²) in [6.45, 7) is 6.08. The summed E-state index contributed by atoms with van der Waals surface area (Å²) in [5.74, 6) is 1.55. The topological polar surface area (TPSA) is 67.9 Å². The Labute approximate surface area is 233 Å². The highest BCUT2D eigenvalue weighted by molar-refractivity contribution is 9.10. The summed E-state index contributed by atoms with van der Waals surface area (Å²) in [7, 11) is 0. The second-order valence-electron chi connectivity index (χ2n) is 9.97. The molecule has 0 saturated heterocycles. The molecule has 0 radical (unpaired) electrons. The van der Waals surface area contributed by atoms with Crippen molar-refractivity contribution in [2.24, 2.45) is 5.92 Å². The number of amides is 2. The average Bonchev–Trinajstić information content (AvgIpc) is 2.93. The lowest BCUT2D eigenvalue weighted by atomic mass is 10.0. The minimum Gasteiger partial charge on any atom is -0.486 e. The quantitative estimate of drug-likeness (QED) is 0.323. The monoisotopic (exact) mass is 578 g/mol. The van der Waals surface area contributed by atoms with Gasteiger partial charge in [-0.25, -0.2) is 0 Å². The first-order chi connectivity index (χ1) is 18.4. The van der Waals surface area contributed by atoms with Crippen LogP contribution in [-0.4, -0.2) is 42.5 Å². The highest BCUT2D eigenvalue weighted by Crippen LogP contribution is 2.31. The molecule has 1 aliphatic rings. The number of benzene rings is 3. The molecule has 1 aliphatic heterocycles. The van der Waals surface area contributed by atoms with Gasteiger partial charge in [0.05, 0.1) is 0 Å². The smallest absolute Gasteiger partial charge is 0.243 e. The molecule has 7 heteroatoms. The standard InChI is InChI=1S/C31H35BrN2O4/c1-22(2)20-33-31(36)27(18-23-6-4-3-5-7-23)34(21-25-8-12-26(32)13-9-25)30(35)15-11-24-10-14-28-29(19-24)38-17-16-37-28/h3-10,12-14,19,22,27H,11,15-18,20-21H2,1-2H3,(H,33,36). The fraction of sp³-hybridized carbons (Fsp3) is 0.355. The predicted molar refractivity (Wildman–Crippen MR) is 152 cm³/mol. The number of rotatable bonds is 11. The average molecular weight is 580 g/mol. The molecule has 1 atom stereocenters. The lowest BCUT2D eigenvalue weighted by Gasteiger charge is -2.32. The van der Waals surface area contributed by atoms with E-state index in [9.17, 15) is 9.59 Å². The molecule has 0 fully saturated rings. The zero-order valence-electron chi connectivity index (χ0n) is 22.0. The first kappa shape index (κ1) is 27.7. The summed E-state index contributed by atoms with van der Waals surface area (Å²) in [6, 6.07) is 22.9. The summed E-state index contributed by atoms with van der Waals surface area (Å²) in [5.41, 5.74) is 2.98. The van der Waals surface area contributed by atoms with Gasteiger partial charge in [-0.3, -0.25) is 9.59 Å². The summed E-state index contributed by atoms with van der Waals surface area (Å²) in [4.78, 5) is 29.1. The van der Waals surface area contributed by atoms with E-state index in [1.54, 1.807) is 4.90 Å². The van der Waals surface area contributed by atoms with Gasteiger partial charge >= 0.3 is 0 Å². The van der Waals surface area contributed by atoms with Crippen molar-refractivity contribution in [3.8, 4) is 11.5 Å². The maximum Gasteiger partial charge on any atom is 0.243 e. The van der Waals surface area contributed by atoms with Crippen molar-refractivity contribution in [2.75, 3.05) is 19.8 Å². The number of hydrogen-bond acceptors (Lipinski definition) is 4. The number of carbonyl (C=O) groups excluding carboxylic acids is 2. The van der Waals surface area contributed by atoms with Gasteiger partial charge in [-0.15, -0.1) is 0 Å². The highest BCUT2D eigenvalue weighted by Gasteiger charge is 2.30. The van der Waals surface area contributed by atoms with E-state index in [0.717, 1.165) is 26.9 Å². The third kappa shape index (κ3) is 7.84. The Kier molecular flexibility index (Phi) is 9.82. The van der Waals surface area contributed by atoms with Crippen molar-refractivity contribution >= 4 is 27.7 Å². The number of nitrogens with one attached hydrogen (secondary N) is 1. The number of halogens is 1. The summed E-state index contributed by atoms with van der Waals surface area (Å²) in [6.07, 6.45) is 1.26. The van der Waals surface area contributed by atoms with Gasteiger partial charge in [-0.05, 0) is 53.3 Å². The summed E-state index contributed by atoms with van der Waals surface area (Å²) < 4.78 is 12.3. The molecule has 3 aromatic rings. The fourth-order valence-corrected chi connectivity index (χ4v) is 4.67. The molecule has 6 nitrogen and oxygen atoms in total. The Hall–Kier alpha value is -3.32. The van der Waals surface area contributed by atoms with Crippen molar-refractivity contribution in [3.05, 3.63) is 94.0 Å². The van der Waals surface area contributed by atoms with Crippen LogP contribution in [-0.2, 0) is 29.0 Å². The number of fused-ring (bicyclic) bond motifs is 1. The molecule has 0 saturated carbocycles. The van der Waals surface area contributed by atoms with Gasteiger partial charge in [0.15, 0.2) is 11.5 Å². The van der Waals surface area contributed by atoms with Crippen LogP contribution in [0.25, 0.3) is 0 Å². The van der Waals surface area contributed by atoms with E-state index in [1.807, 2.05) is 72.8 Å². The molecule has 0 spiro atoms. The van der Waals surface area contributed by atoms with Crippen molar-refractivity contribution < 1.29 is 19.1 Å². The first-order valence-electron chi connectivity index (χ1n) is 13.1. The Balaban J connectivity index is 1.58. The Morgan fingerprint density at radius 3 is 2.29 bits per heavy atom. The van der Waals surface area contributed by atoms with Gasteiger partial charge in [0.1, 0.15) is 19.3 Å². The molecule has 1 unspecified atom stereocenters. The second-order valence-corrected chi connectivity index (χ2v) is 10.9. The first-order valence-corrected chi connectivity index (χ1v) is 13.9. The minimum absolute atomic E-state index is 0.0663. The maximum absolute atomic E-state index is 13.8. The third-order valence-corrected chi connectivity index (χ3v) is 6.98. The van der Waals surface area contributed by atoms with Crippen LogP contribution >= 0.6 is 15.9 Å². The molecular formula is C31H35BrN2O4. The Bertz CT molecular complexity index is 1210. The Morgan fingerprint density at radius 2 is 1.58 bits per heavy atom.